The molecule has 1 spiro atoms. The topological polar surface area (TPSA) is 121 Å². The normalized spacial score (nSPS) is 35.4. The van der Waals surface area contributed by atoms with E-state index in [2.05, 4.69) is 16.7 Å². The minimum absolute atomic E-state index is 0.135. The van der Waals surface area contributed by atoms with Crippen LogP contribution >= 0.6 is 11.8 Å². The molecule has 124 valence electrons. The van der Waals surface area contributed by atoms with E-state index in [1.165, 1.54) is 0 Å². The summed E-state index contributed by atoms with van der Waals surface area (Å²) < 4.78 is 5.57. The minimum atomic E-state index is -0.771. The Morgan fingerprint density at radius 3 is 3.00 bits per heavy atom. The fourth-order valence-electron chi connectivity index (χ4n) is 4.32. The van der Waals surface area contributed by atoms with Crippen molar-refractivity contribution in [3.8, 4) is 6.07 Å². The summed E-state index contributed by atoms with van der Waals surface area (Å²) in [6.07, 6.45) is 2.18. The third-order valence-electron chi connectivity index (χ3n) is 5.28. The third-order valence-corrected chi connectivity index (χ3v) is 6.37. The number of nitrogens with one attached hydrogen (secondary N) is 2. The van der Waals surface area contributed by atoms with E-state index in [0.29, 0.717) is 23.5 Å². The summed E-state index contributed by atoms with van der Waals surface area (Å²) in [7, 11) is 0. The van der Waals surface area contributed by atoms with Crippen molar-refractivity contribution in [1.29, 1.82) is 5.26 Å². The maximum atomic E-state index is 12.5. The number of nitrogens with two attached hydrogens (primary N) is 1. The van der Waals surface area contributed by atoms with Gasteiger partial charge in [-0.15, -0.1) is 0 Å². The Kier molecular flexibility index (Phi) is 3.35. The van der Waals surface area contributed by atoms with E-state index in [9.17, 15) is 14.9 Å². The summed E-state index contributed by atoms with van der Waals surface area (Å²) in [5.41, 5.74) is 6.10. The predicted octanol–water partition coefficient (Wildman–Crippen LogP) is 1.06. The van der Waals surface area contributed by atoms with Gasteiger partial charge in [-0.2, -0.15) is 17.0 Å². The molecule has 3 aliphatic rings. The fraction of sp³-hybridized carbons (Fsp3) is 0.438. The van der Waals surface area contributed by atoms with Gasteiger partial charge < -0.3 is 15.5 Å². The van der Waals surface area contributed by atoms with Crippen LogP contribution in [0.2, 0.25) is 0 Å². The van der Waals surface area contributed by atoms with Gasteiger partial charge in [-0.1, -0.05) is 0 Å². The first-order valence-corrected chi connectivity index (χ1v) is 8.87. The van der Waals surface area contributed by atoms with Crippen LogP contribution in [0.5, 0.6) is 0 Å². The van der Waals surface area contributed by atoms with Crippen LogP contribution in [0.15, 0.2) is 34.1 Å². The SMILES string of the molecule is N#CC1=C(N)[C@H]2C(=O)NC(=O)N[C@]23CCSC[C@H]3[C@@H]1c1ccco1. The number of rotatable bonds is 1. The number of urea groups is 1. The van der Waals surface area contributed by atoms with Crippen LogP contribution in [0.3, 0.4) is 0 Å². The van der Waals surface area contributed by atoms with Gasteiger partial charge >= 0.3 is 6.03 Å². The highest BCUT2D eigenvalue weighted by Crippen LogP contribution is 2.54. The lowest BCUT2D eigenvalue weighted by atomic mass is 9.58. The molecule has 24 heavy (non-hydrogen) atoms. The fourth-order valence-corrected chi connectivity index (χ4v) is 5.72. The molecular formula is C16H16N4O3S. The molecule has 1 aliphatic carbocycles. The van der Waals surface area contributed by atoms with E-state index in [0.717, 1.165) is 5.75 Å². The molecule has 4 atom stereocenters. The standard InChI is InChI=1S/C16H16N4O3S/c17-6-8-11(10-2-1-4-23-10)9-7-24-5-3-16(9)12(13(8)18)14(21)19-15(22)20-16/h1-2,4,9,11-12H,3,5,7,18H2,(H2,19,20,21,22)/t9-,11+,12-,16-/m0/s1. The van der Waals surface area contributed by atoms with Crippen molar-refractivity contribution < 1.29 is 14.0 Å². The Morgan fingerprint density at radius 1 is 1.46 bits per heavy atom. The molecular weight excluding hydrogens is 328 g/mol. The van der Waals surface area contributed by atoms with Gasteiger partial charge in [-0.3, -0.25) is 10.1 Å². The number of carbonyl (C=O) groups excluding carboxylic acids is 2. The summed E-state index contributed by atoms with van der Waals surface area (Å²) in [4.78, 5) is 24.6. The maximum absolute atomic E-state index is 12.5. The smallest absolute Gasteiger partial charge is 0.321 e. The molecule has 1 aromatic heterocycles. The van der Waals surface area contributed by atoms with Crippen LogP contribution in [-0.4, -0.2) is 29.0 Å². The molecule has 0 bridgehead atoms. The average Bonchev–Trinajstić information content (AvgIpc) is 3.06. The molecule has 2 fully saturated rings. The summed E-state index contributed by atoms with van der Waals surface area (Å²) in [6.45, 7) is 0. The highest BCUT2D eigenvalue weighted by Gasteiger charge is 2.61. The Bertz CT molecular complexity index is 782. The molecule has 1 aromatic rings. The van der Waals surface area contributed by atoms with E-state index >= 15 is 0 Å². The maximum Gasteiger partial charge on any atom is 0.321 e. The predicted molar refractivity (Wildman–Crippen MR) is 86.6 cm³/mol. The van der Waals surface area contributed by atoms with Crippen LogP contribution in [0, 0.1) is 23.2 Å². The van der Waals surface area contributed by atoms with Crippen LogP contribution in [0.25, 0.3) is 0 Å². The number of nitrogens with zero attached hydrogens (tertiary/aromatic N) is 1. The van der Waals surface area contributed by atoms with Crippen LogP contribution in [0.1, 0.15) is 18.1 Å². The molecule has 2 saturated heterocycles. The van der Waals surface area contributed by atoms with E-state index in [1.54, 1.807) is 24.1 Å². The molecule has 0 unspecified atom stereocenters. The molecule has 0 aromatic carbocycles. The van der Waals surface area contributed by atoms with Gasteiger partial charge in [0.15, 0.2) is 0 Å². The second-order valence-corrected chi connectivity index (χ2v) is 7.47. The van der Waals surface area contributed by atoms with Crippen LogP contribution in [0.4, 0.5) is 4.79 Å². The molecule has 4 N–H and O–H groups in total. The Morgan fingerprint density at radius 2 is 2.29 bits per heavy atom. The van der Waals surface area contributed by atoms with Crippen molar-refractivity contribution in [2.24, 2.45) is 17.6 Å². The minimum Gasteiger partial charge on any atom is -0.469 e. The lowest BCUT2D eigenvalue weighted by molar-refractivity contribution is -0.128. The van der Waals surface area contributed by atoms with Crippen molar-refractivity contribution >= 4 is 23.7 Å². The molecule has 2 aliphatic heterocycles. The zero-order valence-electron chi connectivity index (χ0n) is 12.7. The summed E-state index contributed by atoms with van der Waals surface area (Å²) in [6, 6.07) is 5.26. The third kappa shape index (κ3) is 1.91. The van der Waals surface area contributed by atoms with Crippen LogP contribution in [-0.2, 0) is 4.79 Å². The molecule has 3 amide bonds. The second kappa shape index (κ2) is 5.31. The highest BCUT2D eigenvalue weighted by molar-refractivity contribution is 7.99. The average molecular weight is 344 g/mol. The summed E-state index contributed by atoms with van der Waals surface area (Å²) in [5.74, 6) is 0.527. The summed E-state index contributed by atoms with van der Waals surface area (Å²) >= 11 is 1.75. The largest absolute Gasteiger partial charge is 0.469 e. The lowest BCUT2D eigenvalue weighted by Crippen LogP contribution is -2.73. The molecule has 0 radical (unpaired) electrons. The number of amides is 3. The number of hydrogen-bond acceptors (Lipinski definition) is 6. The molecule has 0 saturated carbocycles. The van der Waals surface area contributed by atoms with E-state index in [4.69, 9.17) is 10.2 Å². The zero-order chi connectivity index (χ0) is 16.9. The van der Waals surface area contributed by atoms with Gasteiger partial charge in [0, 0.05) is 11.6 Å². The Balaban J connectivity index is 1.95. The molecule has 7 nitrogen and oxygen atoms in total. The van der Waals surface area contributed by atoms with Crippen molar-refractivity contribution in [2.75, 3.05) is 11.5 Å². The Labute approximate surface area is 142 Å². The summed E-state index contributed by atoms with van der Waals surface area (Å²) in [5, 5.41) is 15.0. The number of hydrogen-bond donors (Lipinski definition) is 3. The zero-order valence-corrected chi connectivity index (χ0v) is 13.6. The number of furan rings is 1. The Hall–Kier alpha value is -2.40. The first-order chi connectivity index (χ1) is 11.6. The quantitative estimate of drug-likeness (QED) is 0.700. The van der Waals surface area contributed by atoms with Crippen molar-refractivity contribution in [2.45, 2.75) is 17.9 Å². The van der Waals surface area contributed by atoms with Gasteiger partial charge in [0.25, 0.3) is 0 Å². The van der Waals surface area contributed by atoms with Crippen molar-refractivity contribution in [3.63, 3.8) is 0 Å². The number of nitriles is 1. The number of thioether (sulfide) groups is 1. The van der Waals surface area contributed by atoms with E-state index < -0.39 is 23.4 Å². The number of allylic oxidation sites excluding steroid dienone is 1. The van der Waals surface area contributed by atoms with Gasteiger partial charge in [0.1, 0.15) is 11.7 Å². The molecule has 8 heteroatoms. The molecule has 4 rings (SSSR count). The van der Waals surface area contributed by atoms with Crippen LogP contribution < -0.4 is 16.4 Å². The van der Waals surface area contributed by atoms with Crippen molar-refractivity contribution in [3.05, 3.63) is 35.4 Å². The number of carbonyl (C=O) groups is 2. The molecule has 3 heterocycles. The van der Waals surface area contributed by atoms with E-state index in [-0.39, 0.29) is 17.5 Å². The monoisotopic (exact) mass is 344 g/mol. The van der Waals surface area contributed by atoms with Gasteiger partial charge in [0.2, 0.25) is 5.91 Å². The number of imide groups is 1. The lowest BCUT2D eigenvalue weighted by Gasteiger charge is -2.55. The second-order valence-electron chi connectivity index (χ2n) is 6.32. The first-order valence-electron chi connectivity index (χ1n) is 7.72. The van der Waals surface area contributed by atoms with Gasteiger partial charge in [0.05, 0.1) is 29.4 Å². The van der Waals surface area contributed by atoms with E-state index in [1.807, 2.05) is 6.07 Å². The van der Waals surface area contributed by atoms with Crippen molar-refractivity contribution in [1.82, 2.24) is 10.6 Å². The highest BCUT2D eigenvalue weighted by atomic mass is 32.2. The first kappa shape index (κ1) is 15.1. The van der Waals surface area contributed by atoms with Gasteiger partial charge in [-0.05, 0) is 30.1 Å². The van der Waals surface area contributed by atoms with Gasteiger partial charge in [-0.25, -0.2) is 4.79 Å².